The van der Waals surface area contributed by atoms with E-state index in [2.05, 4.69) is 0 Å². The highest BCUT2D eigenvalue weighted by Gasteiger charge is 2.21. The molecule has 44 heavy (non-hydrogen) atoms. The Balaban J connectivity index is 1.38. The van der Waals surface area contributed by atoms with Gasteiger partial charge >= 0.3 is 11.9 Å². The summed E-state index contributed by atoms with van der Waals surface area (Å²) in [5, 5.41) is 40.1. The van der Waals surface area contributed by atoms with Gasteiger partial charge in [-0.15, -0.1) is 0 Å². The molecule has 4 aromatic carbocycles. The minimum atomic E-state index is -1.45. The van der Waals surface area contributed by atoms with Gasteiger partial charge in [0.2, 0.25) is 0 Å². The van der Waals surface area contributed by atoms with E-state index in [0.29, 0.717) is 11.1 Å². The van der Waals surface area contributed by atoms with Gasteiger partial charge in [0.1, 0.15) is 23.0 Å². The molecule has 0 amide bonds. The number of aromatic hydroxyl groups is 2. The molecule has 0 fully saturated rings. The van der Waals surface area contributed by atoms with Crippen LogP contribution in [0.4, 0.5) is 0 Å². The van der Waals surface area contributed by atoms with E-state index in [1.54, 1.807) is 60.7 Å². The van der Waals surface area contributed by atoms with E-state index in [4.69, 9.17) is 9.47 Å². The van der Waals surface area contributed by atoms with E-state index in [1.807, 2.05) is 0 Å². The van der Waals surface area contributed by atoms with Crippen LogP contribution in [0.25, 0.3) is 0 Å². The lowest BCUT2D eigenvalue weighted by atomic mass is 10.0. The van der Waals surface area contributed by atoms with E-state index in [0.717, 1.165) is 0 Å². The number of benzene rings is 4. The van der Waals surface area contributed by atoms with Crippen molar-refractivity contribution >= 4 is 23.5 Å². The number of phenolic OH excluding ortho intramolecular Hbond substituents is 2. The molecular weight excluding hydrogens is 568 g/mol. The zero-order chi connectivity index (χ0) is 31.6. The Labute approximate surface area is 252 Å². The van der Waals surface area contributed by atoms with Gasteiger partial charge < -0.3 is 29.9 Å². The third-order valence-electron chi connectivity index (χ3n) is 6.62. The average molecular weight is 597 g/mol. The number of ether oxygens (including phenoxy) is 2. The topological polar surface area (TPSA) is 168 Å². The summed E-state index contributed by atoms with van der Waals surface area (Å²) in [6.07, 6.45) is -0.557. The summed E-state index contributed by atoms with van der Waals surface area (Å²) in [6, 6.07) is 24.9. The summed E-state index contributed by atoms with van der Waals surface area (Å²) >= 11 is 0. The third kappa shape index (κ3) is 7.68. The summed E-state index contributed by atoms with van der Waals surface area (Å²) in [5.41, 5.74) is 0.123. The second-order valence-corrected chi connectivity index (χ2v) is 9.51. The fourth-order valence-corrected chi connectivity index (χ4v) is 4.39. The van der Waals surface area contributed by atoms with Crippen LogP contribution >= 0.6 is 0 Å². The fraction of sp³-hybridized carbons (Fsp3) is 0.118. The van der Waals surface area contributed by atoms with Gasteiger partial charge in [-0.3, -0.25) is 9.59 Å². The first-order valence-electron chi connectivity index (χ1n) is 13.5. The van der Waals surface area contributed by atoms with Crippen LogP contribution in [0.5, 0.6) is 23.0 Å². The predicted octanol–water partition coefficient (Wildman–Crippen LogP) is 5.26. The van der Waals surface area contributed by atoms with E-state index in [1.165, 1.54) is 36.4 Å². The van der Waals surface area contributed by atoms with E-state index in [-0.39, 0.29) is 71.7 Å². The van der Waals surface area contributed by atoms with Crippen molar-refractivity contribution in [1.29, 1.82) is 0 Å². The Bertz CT molecular complexity index is 1580. The van der Waals surface area contributed by atoms with Gasteiger partial charge in [-0.05, 0) is 24.3 Å². The second-order valence-electron chi connectivity index (χ2n) is 9.51. The van der Waals surface area contributed by atoms with Crippen molar-refractivity contribution in [3.8, 4) is 23.0 Å². The summed E-state index contributed by atoms with van der Waals surface area (Å²) in [6.45, 7) is -0.453. The molecule has 0 aromatic heterocycles. The summed E-state index contributed by atoms with van der Waals surface area (Å²) in [5.74, 6) is -3.98. The number of ketones is 2. The van der Waals surface area contributed by atoms with E-state index in [9.17, 15) is 39.6 Å². The molecular formula is C34H28O10. The Morgan fingerprint density at radius 3 is 1.20 bits per heavy atom. The molecule has 4 N–H and O–H groups in total. The number of hydrogen-bond acceptors (Lipinski definition) is 8. The lowest BCUT2D eigenvalue weighted by Crippen LogP contribution is -2.16. The highest BCUT2D eigenvalue weighted by molar-refractivity contribution is 6.11. The van der Waals surface area contributed by atoms with Crippen molar-refractivity contribution in [3.63, 3.8) is 0 Å². The molecule has 0 atom stereocenters. The molecule has 0 unspecified atom stereocenters. The maximum atomic E-state index is 12.6. The van der Waals surface area contributed by atoms with Crippen molar-refractivity contribution in [1.82, 2.24) is 0 Å². The van der Waals surface area contributed by atoms with Crippen molar-refractivity contribution in [2.45, 2.75) is 12.8 Å². The summed E-state index contributed by atoms with van der Waals surface area (Å²) in [7, 11) is 0. The van der Waals surface area contributed by atoms with Gasteiger partial charge in [0.25, 0.3) is 0 Å². The molecule has 0 heterocycles. The Kier molecular flexibility index (Phi) is 10.1. The molecule has 4 rings (SSSR count). The predicted molar refractivity (Wildman–Crippen MR) is 158 cm³/mol. The van der Waals surface area contributed by atoms with Crippen LogP contribution in [-0.4, -0.2) is 57.1 Å². The maximum Gasteiger partial charge on any atom is 0.332 e. The third-order valence-corrected chi connectivity index (χ3v) is 6.62. The molecule has 10 heteroatoms. The monoisotopic (exact) mass is 596 g/mol. The van der Waals surface area contributed by atoms with Gasteiger partial charge in [-0.1, -0.05) is 60.7 Å². The van der Waals surface area contributed by atoms with Crippen molar-refractivity contribution in [2.75, 3.05) is 13.2 Å². The standard InChI is InChI=1S/C34H28O10/c35-29-19-23(11-13-27(29)31(37)21-7-3-1-4-8-21)43-17-15-25(33(39)40)26(34(41)42)16-18-44-24-12-14-28(30(36)20-24)32(38)22-9-5-2-6-10-22/h1-14,19-20,35-36H,15-18H2,(H,39,40)(H,41,42)/b26-25-. The molecule has 10 nitrogen and oxygen atoms in total. The van der Waals surface area contributed by atoms with Crippen LogP contribution in [0, 0.1) is 0 Å². The summed E-state index contributed by atoms with van der Waals surface area (Å²) < 4.78 is 11.1. The Morgan fingerprint density at radius 1 is 0.523 bits per heavy atom. The van der Waals surface area contributed by atoms with Gasteiger partial charge in [0.05, 0.1) is 35.5 Å². The number of carboxylic acids is 2. The van der Waals surface area contributed by atoms with Gasteiger partial charge in [0, 0.05) is 36.1 Å². The molecule has 0 saturated heterocycles. The molecule has 0 aliphatic heterocycles. The van der Waals surface area contributed by atoms with Gasteiger partial charge in [-0.2, -0.15) is 0 Å². The van der Waals surface area contributed by atoms with Crippen LogP contribution < -0.4 is 9.47 Å². The number of aliphatic carboxylic acids is 2. The van der Waals surface area contributed by atoms with Crippen LogP contribution in [0.2, 0.25) is 0 Å². The zero-order valence-electron chi connectivity index (χ0n) is 23.3. The van der Waals surface area contributed by atoms with Gasteiger partial charge in [-0.25, -0.2) is 9.59 Å². The second kappa shape index (κ2) is 14.3. The van der Waals surface area contributed by atoms with Gasteiger partial charge in [0.15, 0.2) is 11.6 Å². The highest BCUT2D eigenvalue weighted by atomic mass is 16.5. The number of phenols is 2. The lowest BCUT2D eigenvalue weighted by molar-refractivity contribution is -0.136. The van der Waals surface area contributed by atoms with Crippen molar-refractivity contribution in [2.24, 2.45) is 0 Å². The minimum absolute atomic E-state index is 0.0635. The van der Waals surface area contributed by atoms with Crippen LogP contribution in [0.15, 0.2) is 108 Å². The first-order chi connectivity index (χ1) is 21.2. The first kappa shape index (κ1) is 31.0. The van der Waals surface area contributed by atoms with Crippen molar-refractivity contribution in [3.05, 3.63) is 130 Å². The largest absolute Gasteiger partial charge is 0.507 e. The molecule has 4 aromatic rings. The number of carboxylic acid groups (broad SMARTS) is 2. The normalized spacial score (nSPS) is 11.3. The number of rotatable bonds is 14. The average Bonchev–Trinajstić information content (AvgIpc) is 3.02. The molecule has 0 radical (unpaired) electrons. The SMILES string of the molecule is O=C(O)/C(CCOc1ccc(C(=O)c2ccccc2)c(O)c1)=C(/CCOc1ccc(C(=O)c2ccccc2)c(O)c1)C(=O)O. The summed E-state index contributed by atoms with van der Waals surface area (Å²) in [4.78, 5) is 49.1. The van der Waals surface area contributed by atoms with Crippen LogP contribution in [-0.2, 0) is 9.59 Å². The van der Waals surface area contributed by atoms with E-state index < -0.39 is 23.1 Å². The van der Waals surface area contributed by atoms with E-state index >= 15 is 0 Å². The fourth-order valence-electron chi connectivity index (χ4n) is 4.39. The smallest absolute Gasteiger partial charge is 0.332 e. The molecule has 0 saturated carbocycles. The molecule has 0 aliphatic rings. The zero-order valence-corrected chi connectivity index (χ0v) is 23.3. The molecule has 224 valence electrons. The first-order valence-corrected chi connectivity index (χ1v) is 13.5. The maximum absolute atomic E-state index is 12.6. The molecule has 0 bridgehead atoms. The Hall–Kier alpha value is -5.90. The molecule has 0 spiro atoms. The Morgan fingerprint density at radius 2 is 0.886 bits per heavy atom. The highest BCUT2D eigenvalue weighted by Crippen LogP contribution is 2.28. The van der Waals surface area contributed by atoms with Crippen molar-refractivity contribution < 1.29 is 49.1 Å². The van der Waals surface area contributed by atoms with Crippen LogP contribution in [0.3, 0.4) is 0 Å². The van der Waals surface area contributed by atoms with Crippen LogP contribution in [0.1, 0.15) is 44.7 Å². The number of hydrogen-bond donors (Lipinski definition) is 4. The quantitative estimate of drug-likeness (QED) is 0.111. The molecule has 0 aliphatic carbocycles. The number of carbonyl (C=O) groups excluding carboxylic acids is 2. The number of carbonyl (C=O) groups is 4. The minimum Gasteiger partial charge on any atom is -0.507 e. The lowest BCUT2D eigenvalue weighted by Gasteiger charge is -2.13.